The van der Waals surface area contributed by atoms with Crippen molar-refractivity contribution in [2.45, 2.75) is 39.5 Å². The van der Waals surface area contributed by atoms with Crippen molar-refractivity contribution >= 4 is 34.1 Å². The highest BCUT2D eigenvalue weighted by molar-refractivity contribution is 7.80. The smallest absolute Gasteiger partial charge is 0.173 e. The third-order valence-electron chi connectivity index (χ3n) is 5.64. The van der Waals surface area contributed by atoms with Crippen LogP contribution in [-0.4, -0.2) is 39.7 Å². The van der Waals surface area contributed by atoms with E-state index in [-0.39, 0.29) is 0 Å². The Balaban J connectivity index is 1.49. The van der Waals surface area contributed by atoms with Crippen LogP contribution < -0.4 is 10.1 Å². The third kappa shape index (κ3) is 4.22. The van der Waals surface area contributed by atoms with E-state index in [9.17, 15) is 0 Å². The predicted octanol–water partition coefficient (Wildman–Crippen LogP) is 5.15. The van der Waals surface area contributed by atoms with Crippen molar-refractivity contribution in [3.05, 3.63) is 53.3 Å². The molecule has 0 aliphatic carbocycles. The van der Waals surface area contributed by atoms with Gasteiger partial charge in [-0.25, -0.2) is 4.98 Å². The van der Waals surface area contributed by atoms with E-state index in [4.69, 9.17) is 21.9 Å². The molecule has 2 aromatic carbocycles. The monoisotopic (exact) mass is 408 g/mol. The van der Waals surface area contributed by atoms with Crippen molar-refractivity contribution < 1.29 is 4.74 Å². The number of anilines is 1. The van der Waals surface area contributed by atoms with Crippen molar-refractivity contribution in [1.29, 1.82) is 0 Å². The first kappa shape index (κ1) is 19.7. The van der Waals surface area contributed by atoms with E-state index in [1.165, 1.54) is 11.1 Å². The zero-order valence-corrected chi connectivity index (χ0v) is 18.1. The number of thiocarbonyl (C=S) groups is 1. The van der Waals surface area contributed by atoms with Crippen LogP contribution in [0.4, 0.5) is 5.69 Å². The molecule has 0 bridgehead atoms. The zero-order chi connectivity index (χ0) is 20.4. The van der Waals surface area contributed by atoms with Gasteiger partial charge in [-0.1, -0.05) is 12.1 Å². The number of nitrogens with one attached hydrogen (secondary N) is 2. The van der Waals surface area contributed by atoms with Gasteiger partial charge in [0.15, 0.2) is 5.11 Å². The molecule has 1 aliphatic rings. The largest absolute Gasteiger partial charge is 0.492 e. The standard InChI is InChI=1S/C23H28N4OS/c1-4-28-21-10-6-5-9-18(21)26-23(29)27-11-7-8-17(14-27)22-24-19-12-15(2)16(3)13-20(19)25-22/h5-6,9-10,12-13,17H,4,7-8,11,14H2,1-3H3,(H,24,25)(H,26,29)/t17-/m1/s1. The second-order valence-corrected chi connectivity index (χ2v) is 8.11. The zero-order valence-electron chi connectivity index (χ0n) is 17.3. The van der Waals surface area contributed by atoms with Crippen molar-refractivity contribution in [3.63, 3.8) is 0 Å². The van der Waals surface area contributed by atoms with Gasteiger partial charge < -0.3 is 19.9 Å². The van der Waals surface area contributed by atoms with E-state index in [1.807, 2.05) is 31.2 Å². The van der Waals surface area contributed by atoms with Gasteiger partial charge in [0.1, 0.15) is 11.6 Å². The topological polar surface area (TPSA) is 53.2 Å². The van der Waals surface area contributed by atoms with Crippen LogP contribution in [0.1, 0.15) is 42.6 Å². The lowest BCUT2D eigenvalue weighted by Gasteiger charge is -2.34. The summed E-state index contributed by atoms with van der Waals surface area (Å²) in [5, 5.41) is 4.12. The average Bonchev–Trinajstić information content (AvgIpc) is 3.13. The van der Waals surface area contributed by atoms with E-state index in [2.05, 4.69) is 41.2 Å². The third-order valence-corrected chi connectivity index (χ3v) is 6.00. The highest BCUT2D eigenvalue weighted by Gasteiger charge is 2.25. The molecule has 0 spiro atoms. The summed E-state index contributed by atoms with van der Waals surface area (Å²) in [4.78, 5) is 10.7. The Labute approximate surface area is 177 Å². The summed E-state index contributed by atoms with van der Waals surface area (Å²) < 4.78 is 5.71. The molecule has 1 saturated heterocycles. The van der Waals surface area contributed by atoms with E-state index < -0.39 is 0 Å². The van der Waals surface area contributed by atoms with Gasteiger partial charge in [0, 0.05) is 19.0 Å². The van der Waals surface area contributed by atoms with E-state index in [0.717, 1.165) is 59.3 Å². The van der Waals surface area contributed by atoms with Crippen molar-refractivity contribution in [2.24, 2.45) is 0 Å². The van der Waals surface area contributed by atoms with Gasteiger partial charge in [0.25, 0.3) is 0 Å². The minimum atomic E-state index is 0.346. The molecule has 1 aromatic heterocycles. The molecule has 3 aromatic rings. The molecule has 0 amide bonds. The first-order valence-electron chi connectivity index (χ1n) is 10.3. The normalized spacial score (nSPS) is 16.8. The predicted molar refractivity (Wildman–Crippen MR) is 123 cm³/mol. The molecule has 1 aliphatic heterocycles. The van der Waals surface area contributed by atoms with Crippen LogP contribution >= 0.6 is 12.2 Å². The lowest BCUT2D eigenvalue weighted by atomic mass is 9.98. The first-order valence-corrected chi connectivity index (χ1v) is 10.7. The van der Waals surface area contributed by atoms with E-state index in [1.54, 1.807) is 0 Å². The van der Waals surface area contributed by atoms with E-state index >= 15 is 0 Å². The van der Waals surface area contributed by atoms with Gasteiger partial charge in [-0.15, -0.1) is 0 Å². The quantitative estimate of drug-likeness (QED) is 0.585. The minimum absolute atomic E-state index is 0.346. The molecule has 2 N–H and O–H groups in total. The number of likely N-dealkylation sites (tertiary alicyclic amines) is 1. The molecule has 0 saturated carbocycles. The van der Waals surface area contributed by atoms with Crippen LogP contribution in [0, 0.1) is 13.8 Å². The maximum atomic E-state index is 5.73. The molecule has 2 heterocycles. The summed E-state index contributed by atoms with van der Waals surface area (Å²) in [6, 6.07) is 12.3. The molecular formula is C23H28N4OS. The number of para-hydroxylation sites is 2. The molecule has 0 unspecified atom stereocenters. The number of aromatic nitrogens is 2. The lowest BCUT2D eigenvalue weighted by molar-refractivity contribution is 0.306. The molecule has 4 rings (SSSR count). The molecule has 152 valence electrons. The van der Waals surface area contributed by atoms with E-state index in [0.29, 0.717) is 12.5 Å². The highest BCUT2D eigenvalue weighted by atomic mass is 32.1. The Bertz CT molecular complexity index is 990. The summed E-state index contributed by atoms with van der Waals surface area (Å²) >= 11 is 5.73. The molecule has 0 radical (unpaired) electrons. The minimum Gasteiger partial charge on any atom is -0.492 e. The second-order valence-electron chi connectivity index (χ2n) is 7.72. The maximum Gasteiger partial charge on any atom is 0.173 e. The summed E-state index contributed by atoms with van der Waals surface area (Å²) in [6.45, 7) is 8.71. The van der Waals surface area contributed by atoms with Crippen LogP contribution in [0.25, 0.3) is 11.0 Å². The van der Waals surface area contributed by atoms with Crippen molar-refractivity contribution in [2.75, 3.05) is 25.0 Å². The average molecular weight is 409 g/mol. The Morgan fingerprint density at radius 2 is 2.07 bits per heavy atom. The maximum absolute atomic E-state index is 5.73. The Morgan fingerprint density at radius 3 is 2.90 bits per heavy atom. The number of piperidine rings is 1. The second kappa shape index (κ2) is 8.41. The summed E-state index contributed by atoms with van der Waals surface area (Å²) in [5.41, 5.74) is 5.64. The van der Waals surface area contributed by atoms with Gasteiger partial charge in [-0.05, 0) is 81.2 Å². The Kier molecular flexibility index (Phi) is 5.72. The molecular weight excluding hydrogens is 380 g/mol. The number of imidazole rings is 1. The van der Waals surface area contributed by atoms with Gasteiger partial charge in [-0.2, -0.15) is 0 Å². The summed E-state index contributed by atoms with van der Waals surface area (Å²) in [7, 11) is 0. The molecule has 29 heavy (non-hydrogen) atoms. The number of rotatable bonds is 4. The van der Waals surface area contributed by atoms with Gasteiger partial charge >= 0.3 is 0 Å². The Hall–Kier alpha value is -2.60. The van der Waals surface area contributed by atoms with Crippen molar-refractivity contribution in [3.8, 4) is 5.75 Å². The molecule has 6 heteroatoms. The number of ether oxygens (including phenoxy) is 1. The molecule has 5 nitrogen and oxygen atoms in total. The number of benzene rings is 2. The van der Waals surface area contributed by atoms with Crippen LogP contribution in [0.3, 0.4) is 0 Å². The highest BCUT2D eigenvalue weighted by Crippen LogP contribution is 2.29. The Morgan fingerprint density at radius 1 is 1.28 bits per heavy atom. The van der Waals surface area contributed by atoms with Crippen molar-refractivity contribution in [1.82, 2.24) is 14.9 Å². The number of aromatic amines is 1. The number of hydrogen-bond donors (Lipinski definition) is 2. The van der Waals surface area contributed by atoms with Gasteiger partial charge in [0.2, 0.25) is 0 Å². The first-order chi connectivity index (χ1) is 14.0. The van der Waals surface area contributed by atoms with Crippen LogP contribution in [0.15, 0.2) is 36.4 Å². The van der Waals surface area contributed by atoms with Crippen LogP contribution in [0.5, 0.6) is 5.75 Å². The fraction of sp³-hybridized carbons (Fsp3) is 0.391. The SMILES string of the molecule is CCOc1ccccc1NC(=S)N1CCC[C@@H](c2nc3cc(C)c(C)cc3[nH]2)C1. The van der Waals surface area contributed by atoms with Crippen LogP contribution in [-0.2, 0) is 0 Å². The fourth-order valence-electron chi connectivity index (χ4n) is 3.91. The number of H-pyrrole nitrogens is 1. The number of nitrogens with zero attached hydrogens (tertiary/aromatic N) is 2. The lowest BCUT2D eigenvalue weighted by Crippen LogP contribution is -2.41. The summed E-state index contributed by atoms with van der Waals surface area (Å²) in [6.07, 6.45) is 2.21. The molecule has 1 fully saturated rings. The van der Waals surface area contributed by atoms with Crippen LogP contribution in [0.2, 0.25) is 0 Å². The number of hydrogen-bond acceptors (Lipinski definition) is 3. The molecule has 1 atom stereocenters. The summed E-state index contributed by atoms with van der Waals surface area (Å²) in [5.74, 6) is 2.24. The fourth-order valence-corrected chi connectivity index (χ4v) is 4.19. The number of fused-ring (bicyclic) bond motifs is 1. The number of aryl methyl sites for hydroxylation is 2. The van der Waals surface area contributed by atoms with Gasteiger partial charge in [0.05, 0.1) is 23.3 Å². The van der Waals surface area contributed by atoms with Gasteiger partial charge in [-0.3, -0.25) is 0 Å².